The number of hydrogen-bond donors (Lipinski definition) is 2. The van der Waals surface area contributed by atoms with Crippen molar-refractivity contribution in [2.45, 2.75) is 19.3 Å². The molecular formula is C14H18N4OS. The Labute approximate surface area is 122 Å². The lowest BCUT2D eigenvalue weighted by molar-refractivity contribution is 0.0940. The van der Waals surface area contributed by atoms with Crippen LogP contribution in [0.4, 0.5) is 5.82 Å². The third-order valence-electron chi connectivity index (χ3n) is 3.00. The second-order valence-corrected chi connectivity index (χ2v) is 6.03. The first-order valence-corrected chi connectivity index (χ1v) is 7.23. The summed E-state index contributed by atoms with van der Waals surface area (Å²) in [5.74, 6) is 0.370. The maximum absolute atomic E-state index is 12.1. The van der Waals surface area contributed by atoms with Crippen LogP contribution >= 0.6 is 11.3 Å². The SMILES string of the molecule is CNc1cncc(C(=O)NCC(C)(C)c2cccs2)n1. The molecule has 5 nitrogen and oxygen atoms in total. The summed E-state index contributed by atoms with van der Waals surface area (Å²) in [6.07, 6.45) is 3.04. The van der Waals surface area contributed by atoms with Crippen LogP contribution in [0.15, 0.2) is 29.9 Å². The number of carbonyl (C=O) groups is 1. The van der Waals surface area contributed by atoms with Gasteiger partial charge in [0, 0.05) is 23.9 Å². The quantitative estimate of drug-likeness (QED) is 0.886. The van der Waals surface area contributed by atoms with Gasteiger partial charge in [-0.3, -0.25) is 9.78 Å². The van der Waals surface area contributed by atoms with Crippen LogP contribution in [-0.4, -0.2) is 29.5 Å². The zero-order chi connectivity index (χ0) is 14.6. The minimum Gasteiger partial charge on any atom is -0.372 e. The topological polar surface area (TPSA) is 66.9 Å². The fourth-order valence-electron chi connectivity index (χ4n) is 1.74. The van der Waals surface area contributed by atoms with E-state index in [9.17, 15) is 4.79 Å². The van der Waals surface area contributed by atoms with Crippen molar-refractivity contribution in [2.75, 3.05) is 18.9 Å². The maximum atomic E-state index is 12.1. The number of aromatic nitrogens is 2. The molecule has 0 aliphatic heterocycles. The fraction of sp³-hybridized carbons (Fsp3) is 0.357. The Kier molecular flexibility index (Phi) is 4.34. The number of rotatable bonds is 5. The van der Waals surface area contributed by atoms with E-state index in [1.165, 1.54) is 11.1 Å². The van der Waals surface area contributed by atoms with Crippen molar-refractivity contribution in [3.63, 3.8) is 0 Å². The molecule has 2 heterocycles. The lowest BCUT2D eigenvalue weighted by Gasteiger charge is -2.23. The Morgan fingerprint density at radius 2 is 2.20 bits per heavy atom. The Morgan fingerprint density at radius 1 is 1.40 bits per heavy atom. The van der Waals surface area contributed by atoms with Crippen molar-refractivity contribution < 1.29 is 4.79 Å². The largest absolute Gasteiger partial charge is 0.372 e. The highest BCUT2D eigenvalue weighted by atomic mass is 32.1. The third kappa shape index (κ3) is 3.33. The molecule has 0 saturated heterocycles. The molecule has 0 unspecified atom stereocenters. The minimum atomic E-state index is -0.209. The van der Waals surface area contributed by atoms with Crippen molar-refractivity contribution in [3.05, 3.63) is 40.5 Å². The summed E-state index contributed by atoms with van der Waals surface area (Å²) in [6, 6.07) is 4.10. The first-order chi connectivity index (χ1) is 9.53. The van der Waals surface area contributed by atoms with Gasteiger partial charge in [0.1, 0.15) is 11.5 Å². The van der Waals surface area contributed by atoms with E-state index in [4.69, 9.17) is 0 Å². The van der Waals surface area contributed by atoms with E-state index in [-0.39, 0.29) is 11.3 Å². The summed E-state index contributed by atoms with van der Waals surface area (Å²) in [7, 11) is 1.74. The zero-order valence-electron chi connectivity index (χ0n) is 11.8. The van der Waals surface area contributed by atoms with Crippen molar-refractivity contribution in [1.82, 2.24) is 15.3 Å². The van der Waals surface area contributed by atoms with Crippen LogP contribution in [-0.2, 0) is 5.41 Å². The average Bonchev–Trinajstić information content (AvgIpc) is 3.00. The summed E-state index contributed by atoms with van der Waals surface area (Å²) in [5.41, 5.74) is 0.219. The van der Waals surface area contributed by atoms with Crippen molar-refractivity contribution in [2.24, 2.45) is 0 Å². The maximum Gasteiger partial charge on any atom is 0.271 e. The number of carbonyl (C=O) groups excluding carboxylic acids is 1. The van der Waals surface area contributed by atoms with Gasteiger partial charge in [-0.1, -0.05) is 19.9 Å². The highest BCUT2D eigenvalue weighted by Gasteiger charge is 2.23. The molecule has 20 heavy (non-hydrogen) atoms. The van der Waals surface area contributed by atoms with Gasteiger partial charge in [0.25, 0.3) is 5.91 Å². The van der Waals surface area contributed by atoms with Crippen LogP contribution in [0, 0.1) is 0 Å². The molecule has 2 rings (SSSR count). The van der Waals surface area contributed by atoms with Gasteiger partial charge in [0.15, 0.2) is 0 Å². The summed E-state index contributed by atoms with van der Waals surface area (Å²) < 4.78 is 0. The first-order valence-electron chi connectivity index (χ1n) is 6.35. The van der Waals surface area contributed by atoms with Crippen LogP contribution in [0.25, 0.3) is 0 Å². The Morgan fingerprint density at radius 3 is 2.85 bits per heavy atom. The molecule has 2 N–H and O–H groups in total. The summed E-state index contributed by atoms with van der Waals surface area (Å²) in [4.78, 5) is 21.5. The van der Waals surface area contributed by atoms with Crippen LogP contribution in [0.1, 0.15) is 29.2 Å². The molecule has 0 saturated carbocycles. The third-order valence-corrected chi connectivity index (χ3v) is 4.24. The van der Waals surface area contributed by atoms with E-state index in [2.05, 4.69) is 40.5 Å². The molecule has 0 bridgehead atoms. The summed E-state index contributed by atoms with van der Waals surface area (Å²) >= 11 is 1.69. The lowest BCUT2D eigenvalue weighted by atomic mass is 9.91. The number of amides is 1. The monoisotopic (exact) mass is 290 g/mol. The Hall–Kier alpha value is -1.95. The average molecular weight is 290 g/mol. The van der Waals surface area contributed by atoms with E-state index < -0.39 is 0 Å². The first kappa shape index (κ1) is 14.5. The van der Waals surface area contributed by atoms with E-state index in [0.29, 0.717) is 18.1 Å². The number of thiophene rings is 1. The second kappa shape index (κ2) is 6.00. The number of anilines is 1. The summed E-state index contributed by atoms with van der Waals surface area (Å²) in [5, 5.41) is 7.82. The Bertz CT molecular complexity index is 581. The molecular weight excluding hydrogens is 272 g/mol. The normalized spacial score (nSPS) is 11.2. The zero-order valence-corrected chi connectivity index (χ0v) is 12.6. The predicted octanol–water partition coefficient (Wildman–Crippen LogP) is 2.29. The highest BCUT2D eigenvalue weighted by molar-refractivity contribution is 7.10. The van der Waals surface area contributed by atoms with Gasteiger partial charge >= 0.3 is 0 Å². The number of nitrogens with zero attached hydrogens (tertiary/aromatic N) is 2. The lowest BCUT2D eigenvalue weighted by Crippen LogP contribution is -2.36. The van der Waals surface area contributed by atoms with Gasteiger partial charge in [-0.15, -0.1) is 11.3 Å². The molecule has 2 aromatic heterocycles. The minimum absolute atomic E-state index is 0.0993. The van der Waals surface area contributed by atoms with E-state index >= 15 is 0 Å². The van der Waals surface area contributed by atoms with Gasteiger partial charge in [-0.05, 0) is 11.4 Å². The van der Waals surface area contributed by atoms with Crippen LogP contribution in [0.2, 0.25) is 0 Å². The number of nitrogens with one attached hydrogen (secondary N) is 2. The van der Waals surface area contributed by atoms with Crippen molar-refractivity contribution >= 4 is 23.1 Å². The molecule has 106 valence electrons. The van der Waals surface area contributed by atoms with Crippen LogP contribution in [0.3, 0.4) is 0 Å². The molecule has 0 aliphatic carbocycles. The molecule has 0 fully saturated rings. The second-order valence-electron chi connectivity index (χ2n) is 5.08. The van der Waals surface area contributed by atoms with Gasteiger partial charge in [0.05, 0.1) is 12.4 Å². The van der Waals surface area contributed by atoms with Gasteiger partial charge < -0.3 is 10.6 Å². The molecule has 0 aromatic carbocycles. The van der Waals surface area contributed by atoms with E-state index in [0.717, 1.165) is 0 Å². The molecule has 2 aromatic rings. The fourth-order valence-corrected chi connectivity index (χ4v) is 2.59. The Balaban J connectivity index is 2.01. The van der Waals surface area contributed by atoms with Gasteiger partial charge in [-0.2, -0.15) is 0 Å². The smallest absolute Gasteiger partial charge is 0.271 e. The molecule has 0 atom stereocenters. The predicted molar refractivity (Wildman–Crippen MR) is 81.3 cm³/mol. The van der Waals surface area contributed by atoms with Crippen molar-refractivity contribution in [3.8, 4) is 0 Å². The molecule has 0 radical (unpaired) electrons. The van der Waals surface area contributed by atoms with Crippen LogP contribution in [0.5, 0.6) is 0 Å². The van der Waals surface area contributed by atoms with Crippen molar-refractivity contribution in [1.29, 1.82) is 0 Å². The van der Waals surface area contributed by atoms with Gasteiger partial charge in [-0.25, -0.2) is 4.98 Å². The van der Waals surface area contributed by atoms with Crippen LogP contribution < -0.4 is 10.6 Å². The highest BCUT2D eigenvalue weighted by Crippen LogP contribution is 2.26. The van der Waals surface area contributed by atoms with Gasteiger partial charge in [0.2, 0.25) is 0 Å². The molecule has 1 amide bonds. The molecule has 6 heteroatoms. The molecule has 0 spiro atoms. The summed E-state index contributed by atoms with van der Waals surface area (Å²) in [6.45, 7) is 4.77. The number of hydrogen-bond acceptors (Lipinski definition) is 5. The van der Waals surface area contributed by atoms with E-state index in [1.807, 2.05) is 11.4 Å². The molecule has 0 aliphatic rings. The van der Waals surface area contributed by atoms with E-state index in [1.54, 1.807) is 24.6 Å². The standard InChI is InChI=1S/C14H18N4OS/c1-14(2,11-5-4-6-20-11)9-17-13(19)10-7-16-8-12(15-3)18-10/h4-8H,9H2,1-3H3,(H,15,18)(H,17,19).